The summed E-state index contributed by atoms with van der Waals surface area (Å²) >= 11 is 1.10. The van der Waals surface area contributed by atoms with Crippen LogP contribution in [0, 0.1) is 5.82 Å². The fourth-order valence-electron chi connectivity index (χ4n) is 2.29. The second-order valence-electron chi connectivity index (χ2n) is 5.35. The van der Waals surface area contributed by atoms with Gasteiger partial charge in [-0.05, 0) is 47.7 Å². The van der Waals surface area contributed by atoms with Crippen molar-refractivity contribution in [2.75, 3.05) is 14.2 Å². The number of amides is 1. The predicted molar refractivity (Wildman–Crippen MR) is 105 cm³/mol. The molecule has 1 heterocycles. The van der Waals surface area contributed by atoms with Gasteiger partial charge in [0.25, 0.3) is 5.91 Å². The van der Waals surface area contributed by atoms with Crippen molar-refractivity contribution in [2.45, 2.75) is 0 Å². The van der Waals surface area contributed by atoms with Gasteiger partial charge in [-0.3, -0.25) is 10.1 Å². The van der Waals surface area contributed by atoms with E-state index in [1.807, 2.05) is 0 Å². The van der Waals surface area contributed by atoms with E-state index in [4.69, 9.17) is 9.47 Å². The van der Waals surface area contributed by atoms with E-state index >= 15 is 0 Å². The quantitative estimate of drug-likeness (QED) is 0.486. The third-order valence-corrected chi connectivity index (χ3v) is 4.51. The molecule has 138 valence electrons. The molecular formula is C19H16FN3O3S. The Morgan fingerprint density at radius 2 is 1.89 bits per heavy atom. The number of halogens is 1. The van der Waals surface area contributed by atoms with Crippen molar-refractivity contribution in [2.24, 2.45) is 10.2 Å². The summed E-state index contributed by atoms with van der Waals surface area (Å²) in [5, 5.41) is 10.9. The zero-order chi connectivity index (χ0) is 19.2. The summed E-state index contributed by atoms with van der Waals surface area (Å²) in [6.45, 7) is 0. The van der Waals surface area contributed by atoms with Crippen LogP contribution in [-0.2, 0) is 4.79 Å². The number of nitrogens with one attached hydrogen (secondary N) is 1. The molecule has 0 spiro atoms. The molecule has 0 unspecified atom stereocenters. The summed E-state index contributed by atoms with van der Waals surface area (Å²) in [7, 11) is 3.11. The van der Waals surface area contributed by atoms with E-state index in [2.05, 4.69) is 15.5 Å². The summed E-state index contributed by atoms with van der Waals surface area (Å²) in [6.07, 6.45) is 3.01. The number of carbonyl (C=O) groups is 1. The molecule has 0 aliphatic carbocycles. The summed E-state index contributed by atoms with van der Waals surface area (Å²) < 4.78 is 24.1. The first-order valence-electron chi connectivity index (χ1n) is 7.89. The van der Waals surface area contributed by atoms with Crippen molar-refractivity contribution in [1.82, 2.24) is 5.32 Å². The van der Waals surface area contributed by atoms with Gasteiger partial charge in [0.1, 0.15) is 5.82 Å². The highest BCUT2D eigenvalue weighted by molar-refractivity contribution is 8.18. The SMILES string of the molecule is COc1ccc(C=N/N=C2\NC(=O)C(=Cc3ccccc3F)S2)cc1OC. The van der Waals surface area contributed by atoms with Crippen LogP contribution >= 0.6 is 11.8 Å². The number of amidine groups is 1. The molecule has 0 aromatic heterocycles. The van der Waals surface area contributed by atoms with Crippen LogP contribution in [0.4, 0.5) is 4.39 Å². The Hall–Kier alpha value is -3.13. The van der Waals surface area contributed by atoms with Gasteiger partial charge in [-0.2, -0.15) is 5.10 Å². The van der Waals surface area contributed by atoms with Crippen LogP contribution in [0.5, 0.6) is 11.5 Å². The Morgan fingerprint density at radius 1 is 1.11 bits per heavy atom. The number of carbonyl (C=O) groups excluding carboxylic acids is 1. The van der Waals surface area contributed by atoms with Gasteiger partial charge in [0.05, 0.1) is 25.3 Å². The zero-order valence-corrected chi connectivity index (χ0v) is 15.4. The molecule has 8 heteroatoms. The van der Waals surface area contributed by atoms with E-state index < -0.39 is 5.82 Å². The Balaban J connectivity index is 1.73. The Labute approximate surface area is 159 Å². The fourth-order valence-corrected chi connectivity index (χ4v) is 3.06. The molecule has 27 heavy (non-hydrogen) atoms. The molecule has 0 bridgehead atoms. The van der Waals surface area contributed by atoms with Gasteiger partial charge < -0.3 is 9.47 Å². The minimum absolute atomic E-state index is 0.319. The largest absolute Gasteiger partial charge is 0.493 e. The van der Waals surface area contributed by atoms with Crippen LogP contribution in [-0.4, -0.2) is 31.5 Å². The lowest BCUT2D eigenvalue weighted by Crippen LogP contribution is -2.19. The van der Waals surface area contributed by atoms with Crippen LogP contribution in [0.1, 0.15) is 11.1 Å². The Kier molecular flexibility index (Phi) is 5.87. The monoisotopic (exact) mass is 385 g/mol. The second kappa shape index (κ2) is 8.50. The van der Waals surface area contributed by atoms with Crippen molar-refractivity contribution < 1.29 is 18.7 Å². The average molecular weight is 385 g/mol. The normalized spacial score (nSPS) is 16.9. The van der Waals surface area contributed by atoms with Crippen molar-refractivity contribution >= 4 is 35.1 Å². The van der Waals surface area contributed by atoms with E-state index in [0.29, 0.717) is 27.1 Å². The molecule has 1 saturated heterocycles. The number of benzene rings is 2. The molecule has 0 radical (unpaired) electrons. The molecule has 1 N–H and O–H groups in total. The number of rotatable bonds is 5. The summed E-state index contributed by atoms with van der Waals surface area (Å²) in [5.74, 6) is 0.453. The number of hydrogen-bond acceptors (Lipinski definition) is 6. The maximum Gasteiger partial charge on any atom is 0.264 e. The van der Waals surface area contributed by atoms with E-state index in [9.17, 15) is 9.18 Å². The molecule has 3 rings (SSSR count). The maximum absolute atomic E-state index is 13.7. The van der Waals surface area contributed by atoms with Gasteiger partial charge >= 0.3 is 0 Å². The second-order valence-corrected chi connectivity index (χ2v) is 6.38. The van der Waals surface area contributed by atoms with E-state index in [-0.39, 0.29) is 5.91 Å². The van der Waals surface area contributed by atoms with Crippen LogP contribution in [0.2, 0.25) is 0 Å². The number of methoxy groups -OCH3 is 2. The van der Waals surface area contributed by atoms with Gasteiger partial charge in [0.2, 0.25) is 0 Å². The first-order chi connectivity index (χ1) is 13.1. The molecule has 2 aromatic carbocycles. The van der Waals surface area contributed by atoms with E-state index in [0.717, 1.165) is 17.3 Å². The lowest BCUT2D eigenvalue weighted by molar-refractivity contribution is -0.115. The minimum atomic E-state index is -0.393. The highest BCUT2D eigenvalue weighted by atomic mass is 32.2. The molecule has 6 nitrogen and oxygen atoms in total. The smallest absolute Gasteiger partial charge is 0.264 e. The van der Waals surface area contributed by atoms with Crippen molar-refractivity contribution in [3.05, 3.63) is 64.3 Å². The van der Waals surface area contributed by atoms with Crippen LogP contribution in [0.15, 0.2) is 57.6 Å². The van der Waals surface area contributed by atoms with Crippen LogP contribution < -0.4 is 14.8 Å². The average Bonchev–Trinajstić information content (AvgIpc) is 3.02. The van der Waals surface area contributed by atoms with Crippen molar-refractivity contribution in [3.63, 3.8) is 0 Å². The lowest BCUT2D eigenvalue weighted by Gasteiger charge is -2.07. The van der Waals surface area contributed by atoms with Gasteiger partial charge in [0.15, 0.2) is 16.7 Å². The van der Waals surface area contributed by atoms with Crippen LogP contribution in [0.3, 0.4) is 0 Å². The Bertz CT molecular complexity index is 957. The Morgan fingerprint density at radius 3 is 2.63 bits per heavy atom. The first-order valence-corrected chi connectivity index (χ1v) is 8.71. The molecule has 1 fully saturated rings. The highest BCUT2D eigenvalue weighted by Crippen LogP contribution is 2.28. The highest BCUT2D eigenvalue weighted by Gasteiger charge is 2.24. The summed E-state index contributed by atoms with van der Waals surface area (Å²) in [4.78, 5) is 12.3. The maximum atomic E-state index is 13.7. The fraction of sp³-hybridized carbons (Fsp3) is 0.105. The van der Waals surface area contributed by atoms with Crippen LogP contribution in [0.25, 0.3) is 6.08 Å². The van der Waals surface area contributed by atoms with Crippen molar-refractivity contribution in [1.29, 1.82) is 0 Å². The van der Waals surface area contributed by atoms with Gasteiger partial charge in [0, 0.05) is 5.56 Å². The van der Waals surface area contributed by atoms with E-state index in [1.54, 1.807) is 50.6 Å². The first kappa shape index (κ1) is 18.7. The minimum Gasteiger partial charge on any atom is -0.493 e. The summed E-state index contributed by atoms with van der Waals surface area (Å²) in [6, 6.07) is 11.5. The number of nitrogens with zero attached hydrogens (tertiary/aromatic N) is 2. The standard InChI is InChI=1S/C19H16FN3O3S/c1-25-15-8-7-12(9-16(15)26-2)11-21-23-19-22-18(24)17(27-19)10-13-5-3-4-6-14(13)20/h3-11H,1-2H3,(H,22,23,24). The summed E-state index contributed by atoms with van der Waals surface area (Å²) in [5.41, 5.74) is 1.10. The molecule has 0 atom stereocenters. The van der Waals surface area contributed by atoms with Gasteiger partial charge in [-0.15, -0.1) is 5.10 Å². The van der Waals surface area contributed by atoms with Crippen molar-refractivity contribution in [3.8, 4) is 11.5 Å². The predicted octanol–water partition coefficient (Wildman–Crippen LogP) is 3.44. The third-order valence-electron chi connectivity index (χ3n) is 3.61. The third kappa shape index (κ3) is 4.53. The van der Waals surface area contributed by atoms with Gasteiger partial charge in [-0.1, -0.05) is 18.2 Å². The van der Waals surface area contributed by atoms with Gasteiger partial charge in [-0.25, -0.2) is 4.39 Å². The van der Waals surface area contributed by atoms with E-state index in [1.165, 1.54) is 18.4 Å². The molecule has 1 aliphatic rings. The number of hydrogen-bond donors (Lipinski definition) is 1. The molecular weight excluding hydrogens is 369 g/mol. The topological polar surface area (TPSA) is 72.3 Å². The zero-order valence-electron chi connectivity index (χ0n) is 14.6. The molecule has 2 aromatic rings. The molecule has 1 amide bonds. The lowest BCUT2D eigenvalue weighted by atomic mass is 10.2. The molecule has 1 aliphatic heterocycles. The number of thioether (sulfide) groups is 1. The number of ether oxygens (including phenoxy) is 2. The molecule has 0 saturated carbocycles.